The van der Waals surface area contributed by atoms with E-state index >= 15 is 0 Å². The number of thioether (sulfide) groups is 8. The van der Waals surface area contributed by atoms with Gasteiger partial charge in [-0.15, -0.1) is 11.8 Å². The van der Waals surface area contributed by atoms with Crippen LogP contribution < -0.4 is 38.5 Å². The van der Waals surface area contributed by atoms with Crippen LogP contribution in [0.5, 0.6) is 0 Å². The Balaban J connectivity index is -0.000000145. The molecule has 0 aromatic carbocycles. The molecule has 0 saturated heterocycles. The number of Topliss-reactive ketones (excluding diaryl/α,β-unsaturated/α-hetero) is 1. The van der Waals surface area contributed by atoms with Gasteiger partial charge in [0.15, 0.2) is 0 Å². The molecule has 12 N–H and O–H groups in total. The molecule has 744 valence electrons. The van der Waals surface area contributed by atoms with Crippen molar-refractivity contribution in [1.82, 2.24) is 41.3 Å². The number of nitrogens with zero attached hydrogens (tertiary/aromatic N) is 4. The molecule has 0 aliphatic heterocycles. The number of hydrogen-bond donors (Lipinski definition) is 13. The minimum absolute atomic E-state index is 0.00593. The largest absolute Gasteiger partial charge is 0.390 e. The van der Waals surface area contributed by atoms with Crippen LogP contribution in [0.25, 0.3) is 0 Å². The fourth-order valence-electron chi connectivity index (χ4n) is 8.36. The Morgan fingerprint density at radius 3 is 1.26 bits per heavy atom. The van der Waals surface area contributed by atoms with Crippen molar-refractivity contribution in [3.8, 4) is 0 Å². The highest BCUT2D eigenvalue weighted by atomic mass is 32.2. The Kier molecular flexibility index (Phi) is 119. The summed E-state index contributed by atoms with van der Waals surface area (Å²) in [4.78, 5) is 53.9. The lowest BCUT2D eigenvalue weighted by atomic mass is 10.0. The van der Waals surface area contributed by atoms with E-state index in [0.29, 0.717) is 97.7 Å². The first-order chi connectivity index (χ1) is 57.7. The number of aromatic nitrogens is 2. The summed E-state index contributed by atoms with van der Waals surface area (Å²) < 4.78 is 0. The van der Waals surface area contributed by atoms with Crippen LogP contribution in [0.2, 0.25) is 0 Å². The van der Waals surface area contributed by atoms with Crippen molar-refractivity contribution in [2.24, 2.45) is 23.1 Å². The smallest absolute Gasteiger partial charge is 0.250 e. The number of amides is 3. The number of hydrazine groups is 1. The molecular formula is C95H201N11O6S12. The third-order valence-corrected chi connectivity index (χ3v) is 27.6. The number of hydrogen-bond acceptors (Lipinski definition) is 26. The molecule has 8 atom stereocenters. The second-order valence-corrected chi connectivity index (χ2v) is 48.7. The Bertz CT molecular complexity index is 2550. The van der Waals surface area contributed by atoms with E-state index in [2.05, 4.69) is 268 Å². The molecular weight excluding hydrogens is 1780 g/mol. The second-order valence-electron chi connectivity index (χ2n) is 34.0. The van der Waals surface area contributed by atoms with Crippen LogP contribution in [-0.4, -0.2) is 234 Å². The number of allylic oxidation sites excluding steroid dienone is 2. The molecule has 1 aromatic heterocycles. The molecule has 0 saturated carbocycles. The fraction of sp³-hybridized carbons (Fsp3) is 0.853. The van der Waals surface area contributed by atoms with Gasteiger partial charge in [-0.3, -0.25) is 39.2 Å². The van der Waals surface area contributed by atoms with Crippen molar-refractivity contribution < 1.29 is 29.4 Å². The van der Waals surface area contributed by atoms with Gasteiger partial charge in [0.25, 0.3) is 5.91 Å². The Morgan fingerprint density at radius 2 is 0.903 bits per heavy atom. The first-order valence-corrected chi connectivity index (χ1v) is 56.9. The summed E-state index contributed by atoms with van der Waals surface area (Å²) in [6.07, 6.45) is 20.1. The van der Waals surface area contributed by atoms with Gasteiger partial charge in [-0.2, -0.15) is 133 Å². The Morgan fingerprint density at radius 1 is 0.476 bits per heavy atom. The predicted octanol–water partition coefficient (Wildman–Crippen LogP) is 23.4. The summed E-state index contributed by atoms with van der Waals surface area (Å²) in [5.41, 5.74) is 22.0. The molecule has 0 spiro atoms. The standard InChI is InChI=1S/C13H25NOS.C12H23NOS2.C10H20N2OS2.C9H14N2S2.C9H21N.C8H20N2.C8H19NO2.C7H15NOS.C7H16S2.2C6H14S/c1-6-7-12(9-16-11(4)5)14-13(15)8-10(2)3;1-9(2)7-12(14)13-11(8-15)5-6-16-10(3)4;1-8(2)15-7-10(13)12(5)11(4)9(3)6-14;1-7(2)13-6-9-8(5-12)10-3-4-11-9;1-4-5-9(10)7-6-8(2)3;1-4-8(9)5-6-10-7(2)3;1-4-7(10)8(11)5-9-6(2)3;1-5(2)10-4-7(8)6(3)9;1-4-7(8)5-9-6(2)3;2*1-4-5-7-6(2)3/h8,11-12H,6-7,9H2,1-5H3,(H,14,15);7,10-11,15H,5-6,8H2,1-4H3,(H,13,14);8,14H,3,6-7H2,1-2,4-5H3;3-4,7,12H,5-6H2,1-2H3;8-9H,4-7,10H2,1-3H3;7-8,10H,4-6,9H2,1-3H3;6-11H,4-5H2,1-3H3;5,7H,4,8H2,1-3H3;6-8H,4-5H2,1-3H3;2*6H,4-5H2,1-3H3. The zero-order valence-corrected chi connectivity index (χ0v) is 96.1. The minimum atomic E-state index is -0.637. The first-order valence-electron chi connectivity index (χ1n) is 46.1. The van der Waals surface area contributed by atoms with Gasteiger partial charge in [0.2, 0.25) is 11.8 Å². The number of ketones is 1. The van der Waals surface area contributed by atoms with Gasteiger partial charge in [0.05, 0.1) is 35.4 Å². The number of nitrogens with one attached hydrogen (secondary N) is 4. The number of thiol groups is 4. The zero-order valence-electron chi connectivity index (χ0n) is 86.0. The van der Waals surface area contributed by atoms with Crippen LogP contribution >= 0.6 is 145 Å². The molecule has 8 unspecified atom stereocenters. The highest BCUT2D eigenvalue weighted by molar-refractivity contribution is 8.01. The summed E-state index contributed by atoms with van der Waals surface area (Å²) in [6, 6.07) is 1.99. The molecule has 17 nitrogen and oxygen atoms in total. The van der Waals surface area contributed by atoms with E-state index in [1.54, 1.807) is 65.1 Å². The summed E-state index contributed by atoms with van der Waals surface area (Å²) in [5.74, 6) is 11.0. The SMILES string of the molecule is C=C(CS)N(C)N(C)C(=O)CSC(C)C.CC(=O)C(N)CSC(C)C.CC(C)=CC(=O)NC(CS)CCSC(C)C.CC(C)SCc1nccnc1CS.CCC(N)CCNC(C)C.CCC(O)C(O)CNC(C)C.CCC(S)CSC(C)C.CCCC(CSC(C)C)NC(=O)C=C(C)C.CCCC(N)CCC(C)C.CCCSC(C)C.CCCSC(C)C. The van der Waals surface area contributed by atoms with Gasteiger partial charge in [-0.25, -0.2) is 0 Å². The Labute approximate surface area is 825 Å². The van der Waals surface area contributed by atoms with Crippen LogP contribution in [-0.2, 0) is 30.7 Å². The summed E-state index contributed by atoms with van der Waals surface area (Å²) >= 11 is 32.1. The average molecular weight is 1980 g/mol. The van der Waals surface area contributed by atoms with E-state index in [1.165, 1.54) is 69.1 Å². The van der Waals surface area contributed by atoms with Crippen LogP contribution in [0.4, 0.5) is 0 Å². The Hall–Kier alpha value is 0.1000. The van der Waals surface area contributed by atoms with E-state index < -0.39 is 12.2 Å². The number of nitrogens with two attached hydrogens (primary N) is 3. The third kappa shape index (κ3) is 124. The van der Waals surface area contributed by atoms with Crippen molar-refractivity contribution in [2.45, 2.75) is 432 Å². The highest BCUT2D eigenvalue weighted by Gasteiger charge is 2.18. The maximum Gasteiger partial charge on any atom is 0.250 e. The van der Waals surface area contributed by atoms with Crippen molar-refractivity contribution in [2.75, 3.05) is 79.0 Å². The lowest BCUT2D eigenvalue weighted by Gasteiger charge is -2.31. The molecule has 1 rings (SSSR count). The average Bonchev–Trinajstić information content (AvgIpc) is 0.901. The molecule has 3 amide bonds. The van der Waals surface area contributed by atoms with E-state index in [4.69, 9.17) is 22.3 Å². The lowest BCUT2D eigenvalue weighted by Crippen LogP contribution is -2.41. The van der Waals surface area contributed by atoms with Gasteiger partial charge >= 0.3 is 0 Å². The molecule has 1 heterocycles. The molecule has 29 heteroatoms. The van der Waals surface area contributed by atoms with Crippen LogP contribution in [0, 0.1) is 5.92 Å². The number of rotatable bonds is 53. The third-order valence-electron chi connectivity index (χ3n) is 16.0. The van der Waals surface area contributed by atoms with E-state index in [0.717, 1.165) is 112 Å². The number of aliphatic hydroxyl groups is 2. The minimum Gasteiger partial charge on any atom is -0.390 e. The highest BCUT2D eigenvalue weighted by Crippen LogP contribution is 2.20. The molecule has 0 radical (unpaired) electrons. The normalized spacial score (nSPS) is 12.6. The van der Waals surface area contributed by atoms with Gasteiger partial charge in [0.1, 0.15) is 5.78 Å². The van der Waals surface area contributed by atoms with E-state index in [9.17, 15) is 24.3 Å². The number of carbonyl (C=O) groups is 4. The van der Waals surface area contributed by atoms with Gasteiger partial charge in [0, 0.05) is 133 Å². The maximum atomic E-state index is 11.7. The quantitative estimate of drug-likeness (QED) is 0.0164. The molecule has 1 aromatic rings. The van der Waals surface area contributed by atoms with Crippen molar-refractivity contribution in [1.29, 1.82) is 0 Å². The number of aliphatic hydroxyl groups excluding tert-OH is 2. The molecule has 0 aliphatic carbocycles. The van der Waals surface area contributed by atoms with Gasteiger partial charge in [-0.1, -0.05) is 231 Å². The molecule has 0 fully saturated rings. The van der Waals surface area contributed by atoms with Gasteiger partial charge < -0.3 is 48.7 Å². The molecule has 0 bridgehead atoms. The zero-order chi connectivity index (χ0) is 98.4. The summed E-state index contributed by atoms with van der Waals surface area (Å²) in [6.45, 7) is 77.2. The second kappa shape index (κ2) is 102. The summed E-state index contributed by atoms with van der Waals surface area (Å²) in [5, 5.41) is 40.1. The van der Waals surface area contributed by atoms with E-state index in [1.807, 2.05) is 126 Å². The number of carbonyl (C=O) groups excluding carboxylic acids is 4. The monoisotopic (exact) mass is 1980 g/mol. The first kappa shape index (κ1) is 144. The maximum absolute atomic E-state index is 11.7. The van der Waals surface area contributed by atoms with Gasteiger partial charge in [-0.05, 0) is 177 Å². The van der Waals surface area contributed by atoms with Crippen molar-refractivity contribution >= 4 is 168 Å². The van der Waals surface area contributed by atoms with Crippen molar-refractivity contribution in [3.05, 3.63) is 59.4 Å². The molecule has 0 aliphatic rings. The van der Waals surface area contributed by atoms with Crippen molar-refractivity contribution in [3.63, 3.8) is 0 Å². The van der Waals surface area contributed by atoms with Crippen LogP contribution in [0.3, 0.4) is 0 Å². The van der Waals surface area contributed by atoms with Crippen LogP contribution in [0.15, 0.2) is 48.0 Å². The van der Waals surface area contributed by atoms with E-state index in [-0.39, 0.29) is 35.6 Å². The fourth-order valence-corrected chi connectivity index (χ4v) is 15.6. The predicted molar refractivity (Wildman–Crippen MR) is 595 cm³/mol. The lowest BCUT2D eigenvalue weighted by molar-refractivity contribution is -0.137. The molecule has 124 heavy (non-hydrogen) atoms. The van der Waals surface area contributed by atoms with Crippen LogP contribution in [0.1, 0.15) is 330 Å². The topological polar surface area (TPSA) is 267 Å². The summed E-state index contributed by atoms with van der Waals surface area (Å²) in [7, 11) is 3.56.